The van der Waals surface area contributed by atoms with Crippen LogP contribution in [0.4, 0.5) is 0 Å². The molecule has 29 heavy (non-hydrogen) atoms. The number of thiophene rings is 1. The van der Waals surface area contributed by atoms with Crippen molar-refractivity contribution in [2.24, 2.45) is 0 Å². The topological polar surface area (TPSA) is 110 Å². The largest absolute Gasteiger partial charge is 0.456 e. The minimum Gasteiger partial charge on any atom is -0.456 e. The third-order valence-corrected chi connectivity index (χ3v) is 6.54. The van der Waals surface area contributed by atoms with Crippen LogP contribution in [0, 0.1) is 0 Å². The first-order chi connectivity index (χ1) is 14.1. The van der Waals surface area contributed by atoms with Gasteiger partial charge in [-0.2, -0.15) is 0 Å². The SMILES string of the molecule is O=C(COC(=O)CCc1nc2sc3c(c2c(=O)[nH]1)CCCC3)NC[C@H]1CCCO1. The van der Waals surface area contributed by atoms with Crippen molar-refractivity contribution in [3.8, 4) is 0 Å². The second-order valence-electron chi connectivity index (χ2n) is 7.50. The van der Waals surface area contributed by atoms with E-state index in [-0.39, 0.29) is 37.0 Å². The summed E-state index contributed by atoms with van der Waals surface area (Å²) in [6, 6.07) is 0. The Labute approximate surface area is 172 Å². The lowest BCUT2D eigenvalue weighted by atomic mass is 9.97. The number of hydrogen-bond acceptors (Lipinski definition) is 7. The molecule has 3 heterocycles. The average molecular weight is 420 g/mol. The fourth-order valence-electron chi connectivity index (χ4n) is 3.85. The average Bonchev–Trinajstić information content (AvgIpc) is 3.36. The zero-order valence-electron chi connectivity index (χ0n) is 16.3. The normalized spacial score (nSPS) is 18.6. The minimum atomic E-state index is -0.495. The van der Waals surface area contributed by atoms with Crippen LogP contribution in [0.3, 0.4) is 0 Å². The van der Waals surface area contributed by atoms with E-state index in [1.165, 1.54) is 4.88 Å². The summed E-state index contributed by atoms with van der Waals surface area (Å²) in [5.41, 5.74) is 1.01. The summed E-state index contributed by atoms with van der Waals surface area (Å²) in [5.74, 6) is -0.364. The van der Waals surface area contributed by atoms with Gasteiger partial charge in [0.1, 0.15) is 10.7 Å². The van der Waals surface area contributed by atoms with E-state index < -0.39 is 5.97 Å². The molecular formula is C20H25N3O5S. The zero-order chi connectivity index (χ0) is 20.2. The van der Waals surface area contributed by atoms with Crippen LogP contribution in [-0.2, 0) is 38.3 Å². The van der Waals surface area contributed by atoms with Gasteiger partial charge in [-0.1, -0.05) is 0 Å². The standard InChI is InChI=1S/C20H25N3O5S/c24-16(21-10-12-4-3-9-27-12)11-28-17(25)8-7-15-22-19(26)18-13-5-1-2-6-14(13)29-20(18)23-15/h12H,1-11H2,(H,21,24)(H,22,23,26)/t12-/m1/s1. The lowest BCUT2D eigenvalue weighted by Crippen LogP contribution is -2.34. The van der Waals surface area contributed by atoms with Gasteiger partial charge in [0.15, 0.2) is 6.61 Å². The third kappa shape index (κ3) is 4.84. The Morgan fingerprint density at radius 2 is 2.14 bits per heavy atom. The Balaban J connectivity index is 1.27. The van der Waals surface area contributed by atoms with Gasteiger partial charge in [0.25, 0.3) is 11.5 Å². The molecule has 2 aromatic heterocycles. The first-order valence-corrected chi connectivity index (χ1v) is 11.0. The fraction of sp³-hybridized carbons (Fsp3) is 0.600. The molecule has 1 fully saturated rings. The molecule has 1 amide bonds. The maximum absolute atomic E-state index is 12.5. The van der Waals surface area contributed by atoms with Gasteiger partial charge in [0.05, 0.1) is 17.9 Å². The molecule has 2 aromatic rings. The molecule has 9 heteroatoms. The lowest BCUT2D eigenvalue weighted by Gasteiger charge is -2.11. The maximum atomic E-state index is 12.5. The van der Waals surface area contributed by atoms with Gasteiger partial charge in [-0.25, -0.2) is 4.98 Å². The number of nitrogens with zero attached hydrogens (tertiary/aromatic N) is 1. The molecule has 2 aliphatic rings. The Morgan fingerprint density at radius 3 is 2.97 bits per heavy atom. The Morgan fingerprint density at radius 1 is 1.28 bits per heavy atom. The van der Waals surface area contributed by atoms with Crippen molar-refractivity contribution in [1.29, 1.82) is 0 Å². The highest BCUT2D eigenvalue weighted by molar-refractivity contribution is 7.18. The molecular weight excluding hydrogens is 394 g/mol. The molecule has 8 nitrogen and oxygen atoms in total. The molecule has 1 aliphatic carbocycles. The first kappa shape index (κ1) is 20.0. The number of H-pyrrole nitrogens is 1. The van der Waals surface area contributed by atoms with Crippen LogP contribution in [0.2, 0.25) is 0 Å². The second-order valence-corrected chi connectivity index (χ2v) is 8.59. The number of nitrogens with one attached hydrogen (secondary N) is 2. The number of carbonyl (C=O) groups is 2. The van der Waals surface area contributed by atoms with Gasteiger partial charge >= 0.3 is 5.97 Å². The molecule has 1 saturated heterocycles. The van der Waals surface area contributed by atoms with E-state index in [1.807, 2.05) is 0 Å². The minimum absolute atomic E-state index is 0.0513. The van der Waals surface area contributed by atoms with Crippen LogP contribution in [0.5, 0.6) is 0 Å². The van der Waals surface area contributed by atoms with Crippen molar-refractivity contribution in [2.75, 3.05) is 19.8 Å². The molecule has 0 aromatic carbocycles. The summed E-state index contributed by atoms with van der Waals surface area (Å²) < 4.78 is 10.4. The van der Waals surface area contributed by atoms with Crippen LogP contribution >= 0.6 is 11.3 Å². The van der Waals surface area contributed by atoms with Crippen molar-refractivity contribution < 1.29 is 19.1 Å². The Kier molecular flexibility index (Phi) is 6.25. The van der Waals surface area contributed by atoms with Crippen LogP contribution in [0.1, 0.15) is 48.4 Å². The van der Waals surface area contributed by atoms with E-state index in [2.05, 4.69) is 15.3 Å². The number of hydrogen-bond donors (Lipinski definition) is 2. The second kappa shape index (κ2) is 9.04. The van der Waals surface area contributed by atoms with Crippen LogP contribution in [0.25, 0.3) is 10.2 Å². The molecule has 2 N–H and O–H groups in total. The van der Waals surface area contributed by atoms with Gasteiger partial charge in [0, 0.05) is 24.4 Å². The summed E-state index contributed by atoms with van der Waals surface area (Å²) in [6.07, 6.45) is 6.50. The number of ether oxygens (including phenoxy) is 2. The lowest BCUT2D eigenvalue weighted by molar-refractivity contribution is -0.148. The van der Waals surface area contributed by atoms with Crippen LogP contribution in [0.15, 0.2) is 4.79 Å². The van der Waals surface area contributed by atoms with E-state index >= 15 is 0 Å². The van der Waals surface area contributed by atoms with E-state index in [1.54, 1.807) is 11.3 Å². The van der Waals surface area contributed by atoms with E-state index in [0.717, 1.165) is 55.5 Å². The van der Waals surface area contributed by atoms with E-state index in [4.69, 9.17) is 9.47 Å². The van der Waals surface area contributed by atoms with Gasteiger partial charge in [-0.05, 0) is 44.1 Å². The van der Waals surface area contributed by atoms with Crippen molar-refractivity contribution in [3.05, 3.63) is 26.6 Å². The quantitative estimate of drug-likeness (QED) is 0.660. The highest BCUT2D eigenvalue weighted by Gasteiger charge is 2.20. The van der Waals surface area contributed by atoms with Crippen molar-refractivity contribution in [3.63, 3.8) is 0 Å². The van der Waals surface area contributed by atoms with Gasteiger partial charge in [-0.15, -0.1) is 11.3 Å². The number of rotatable bonds is 7. The number of aryl methyl sites for hydroxylation is 3. The molecule has 156 valence electrons. The molecule has 0 spiro atoms. The summed E-state index contributed by atoms with van der Waals surface area (Å²) in [7, 11) is 0. The first-order valence-electron chi connectivity index (χ1n) is 10.2. The highest BCUT2D eigenvalue weighted by Crippen LogP contribution is 2.33. The number of fused-ring (bicyclic) bond motifs is 3. The zero-order valence-corrected chi connectivity index (χ0v) is 17.1. The van der Waals surface area contributed by atoms with Gasteiger partial charge in [0.2, 0.25) is 0 Å². The van der Waals surface area contributed by atoms with Gasteiger partial charge < -0.3 is 19.8 Å². The number of esters is 1. The van der Waals surface area contributed by atoms with Crippen molar-refractivity contribution in [1.82, 2.24) is 15.3 Å². The smallest absolute Gasteiger partial charge is 0.306 e. The Hall–Kier alpha value is -2.26. The van der Waals surface area contributed by atoms with Crippen molar-refractivity contribution in [2.45, 2.75) is 57.5 Å². The van der Waals surface area contributed by atoms with Crippen LogP contribution in [-0.4, -0.2) is 47.7 Å². The molecule has 1 aliphatic heterocycles. The molecule has 0 saturated carbocycles. The number of carbonyl (C=O) groups excluding carboxylic acids is 2. The maximum Gasteiger partial charge on any atom is 0.306 e. The summed E-state index contributed by atoms with van der Waals surface area (Å²) in [5, 5.41) is 3.41. The summed E-state index contributed by atoms with van der Waals surface area (Å²) in [6.45, 7) is 0.851. The molecule has 1 atom stereocenters. The third-order valence-electron chi connectivity index (χ3n) is 5.36. The van der Waals surface area contributed by atoms with Gasteiger partial charge in [-0.3, -0.25) is 14.4 Å². The predicted octanol–water partition coefficient (Wildman–Crippen LogP) is 1.63. The van der Waals surface area contributed by atoms with Crippen molar-refractivity contribution >= 4 is 33.4 Å². The van der Waals surface area contributed by atoms with E-state index in [9.17, 15) is 14.4 Å². The Bertz CT molecular complexity index is 961. The number of aromatic nitrogens is 2. The molecule has 4 rings (SSSR count). The predicted molar refractivity (Wildman–Crippen MR) is 108 cm³/mol. The highest BCUT2D eigenvalue weighted by atomic mass is 32.1. The molecule has 0 unspecified atom stereocenters. The number of aromatic amines is 1. The van der Waals surface area contributed by atoms with E-state index in [0.29, 0.717) is 17.8 Å². The molecule has 0 radical (unpaired) electrons. The summed E-state index contributed by atoms with van der Waals surface area (Å²) >= 11 is 1.58. The van der Waals surface area contributed by atoms with Crippen LogP contribution < -0.4 is 10.9 Å². The fourth-order valence-corrected chi connectivity index (χ4v) is 5.13. The summed E-state index contributed by atoms with van der Waals surface area (Å²) in [4.78, 5) is 45.6. The monoisotopic (exact) mass is 419 g/mol. The molecule has 0 bridgehead atoms. The number of amides is 1.